The van der Waals surface area contributed by atoms with Crippen molar-refractivity contribution < 1.29 is 37.9 Å². The van der Waals surface area contributed by atoms with Gasteiger partial charge in [-0.15, -0.1) is 11.3 Å². The summed E-state index contributed by atoms with van der Waals surface area (Å²) >= 11 is 7.57. The van der Waals surface area contributed by atoms with Crippen LogP contribution in [0.5, 0.6) is 5.75 Å². The third-order valence-corrected chi connectivity index (χ3v) is 10.8. The molecule has 0 bridgehead atoms. The number of nitrogens with zero attached hydrogens (tertiary/aromatic N) is 2. The Labute approximate surface area is 330 Å². The van der Waals surface area contributed by atoms with Crippen molar-refractivity contribution in [1.29, 1.82) is 0 Å². The van der Waals surface area contributed by atoms with Crippen molar-refractivity contribution in [1.82, 2.24) is 20.5 Å². The molecule has 16 heteroatoms. The van der Waals surface area contributed by atoms with Crippen molar-refractivity contribution in [2.24, 2.45) is 0 Å². The summed E-state index contributed by atoms with van der Waals surface area (Å²) in [5, 5.41) is 11.4. The standard InChI is InChI=1S/C40H38ClFN6O7S/c1-21-35(23-19-27(41)34(28(42)20-23)37(52)44-24-11-12-24)47-40(56-21)46-32(50)18-22-7-5-8-25(17-22)55-16-4-2-3-15-43-29-10-6-9-26-33(29)39(54)48(38(26)53)30-13-14-31(49)45-36(30)51/h5-10,17,19-20,24,30,43H,2-4,11-16,18H2,1H3,(H,44,52)(H,45,49,51)(H,46,47,50). The SMILES string of the molecule is Cc1sc(NC(=O)Cc2cccc(OCCCCCNc3cccc4c3C(=O)N(C3CCC(=O)NC3=O)C4=O)c2)nc1-c1cc(F)c(C(=O)NC2CC2)c(Cl)c1. The zero-order valence-electron chi connectivity index (χ0n) is 30.3. The number of ether oxygens (including phenoxy) is 1. The maximum Gasteiger partial charge on any atom is 0.264 e. The fourth-order valence-corrected chi connectivity index (χ4v) is 7.85. The quantitative estimate of drug-likeness (QED) is 0.0825. The number of imide groups is 2. The number of aryl methyl sites for hydroxylation is 1. The number of thiazole rings is 1. The molecule has 3 aromatic carbocycles. The number of aromatic nitrogens is 1. The van der Waals surface area contributed by atoms with Crippen LogP contribution in [-0.4, -0.2) is 70.6 Å². The second-order valence-electron chi connectivity index (χ2n) is 13.9. The molecule has 1 saturated heterocycles. The Kier molecular flexibility index (Phi) is 11.4. The van der Waals surface area contributed by atoms with Crippen LogP contribution in [0.1, 0.15) is 86.5 Å². The third kappa shape index (κ3) is 8.58. The smallest absolute Gasteiger partial charge is 0.264 e. The number of piperidine rings is 1. The van der Waals surface area contributed by atoms with Gasteiger partial charge in [-0.1, -0.05) is 29.8 Å². The van der Waals surface area contributed by atoms with Crippen LogP contribution in [0.25, 0.3) is 11.3 Å². The lowest BCUT2D eigenvalue weighted by Crippen LogP contribution is -2.54. The predicted molar refractivity (Wildman–Crippen MR) is 207 cm³/mol. The molecule has 290 valence electrons. The van der Waals surface area contributed by atoms with E-state index < -0.39 is 41.4 Å². The lowest BCUT2D eigenvalue weighted by atomic mass is 10.0. The zero-order chi connectivity index (χ0) is 39.5. The van der Waals surface area contributed by atoms with Gasteiger partial charge in [-0.2, -0.15) is 0 Å². The first-order valence-corrected chi connectivity index (χ1v) is 19.5. The number of benzene rings is 3. The summed E-state index contributed by atoms with van der Waals surface area (Å²) < 4.78 is 20.9. The Morgan fingerprint density at radius 1 is 1.02 bits per heavy atom. The van der Waals surface area contributed by atoms with Gasteiger partial charge >= 0.3 is 0 Å². The van der Waals surface area contributed by atoms with Crippen molar-refractivity contribution in [3.8, 4) is 17.0 Å². The highest BCUT2D eigenvalue weighted by Gasteiger charge is 2.45. The molecule has 2 fully saturated rings. The van der Waals surface area contributed by atoms with E-state index in [-0.39, 0.29) is 52.9 Å². The first kappa shape index (κ1) is 38.6. The Balaban J connectivity index is 0.852. The molecule has 56 heavy (non-hydrogen) atoms. The van der Waals surface area contributed by atoms with E-state index in [9.17, 15) is 33.2 Å². The number of hydrogen-bond acceptors (Lipinski definition) is 10. The summed E-state index contributed by atoms with van der Waals surface area (Å²) in [5.74, 6) is -3.12. The van der Waals surface area contributed by atoms with Gasteiger partial charge in [0, 0.05) is 35.1 Å². The Morgan fingerprint density at radius 2 is 1.82 bits per heavy atom. The van der Waals surface area contributed by atoms with E-state index in [1.165, 1.54) is 23.5 Å². The topological polar surface area (TPSA) is 176 Å². The number of rotatable bonds is 15. The van der Waals surface area contributed by atoms with Gasteiger partial charge in [-0.3, -0.25) is 39.0 Å². The monoisotopic (exact) mass is 800 g/mol. The molecule has 1 atom stereocenters. The molecule has 1 aliphatic carbocycles. The molecular formula is C40H38ClFN6O7S. The molecule has 4 N–H and O–H groups in total. The fourth-order valence-electron chi connectivity index (χ4n) is 6.70. The van der Waals surface area contributed by atoms with Crippen LogP contribution in [0.4, 0.5) is 15.2 Å². The van der Waals surface area contributed by atoms with Crippen LogP contribution >= 0.6 is 22.9 Å². The van der Waals surface area contributed by atoms with Gasteiger partial charge in [0.2, 0.25) is 17.7 Å². The Bertz CT molecular complexity index is 2240. The summed E-state index contributed by atoms with van der Waals surface area (Å²) in [5.41, 5.74) is 2.37. The minimum Gasteiger partial charge on any atom is -0.494 e. The molecule has 1 saturated carbocycles. The van der Waals surface area contributed by atoms with Crippen molar-refractivity contribution in [2.75, 3.05) is 23.8 Å². The van der Waals surface area contributed by atoms with Crippen molar-refractivity contribution in [3.63, 3.8) is 0 Å². The first-order chi connectivity index (χ1) is 27.0. The van der Waals surface area contributed by atoms with E-state index in [1.807, 2.05) is 18.2 Å². The number of unbranched alkanes of at least 4 members (excludes halogenated alkanes) is 2. The molecule has 0 spiro atoms. The number of fused-ring (bicyclic) bond motifs is 1. The van der Waals surface area contributed by atoms with Crippen LogP contribution < -0.4 is 26.0 Å². The first-order valence-electron chi connectivity index (χ1n) is 18.3. The van der Waals surface area contributed by atoms with Crippen LogP contribution in [0, 0.1) is 12.7 Å². The highest BCUT2D eigenvalue weighted by Crippen LogP contribution is 2.35. The number of carbonyl (C=O) groups excluding carboxylic acids is 6. The van der Waals surface area contributed by atoms with E-state index in [2.05, 4.69) is 26.3 Å². The number of halogens is 2. The summed E-state index contributed by atoms with van der Waals surface area (Å²) in [6.45, 7) is 2.79. The average molecular weight is 801 g/mol. The van der Waals surface area contributed by atoms with E-state index in [0.717, 1.165) is 47.4 Å². The van der Waals surface area contributed by atoms with Crippen molar-refractivity contribution in [2.45, 2.75) is 70.4 Å². The largest absolute Gasteiger partial charge is 0.494 e. The zero-order valence-corrected chi connectivity index (χ0v) is 31.9. The molecule has 1 unspecified atom stereocenters. The minimum atomic E-state index is -1.02. The van der Waals surface area contributed by atoms with Gasteiger partial charge in [-0.25, -0.2) is 9.37 Å². The molecule has 6 amide bonds. The van der Waals surface area contributed by atoms with Gasteiger partial charge in [0.15, 0.2) is 5.13 Å². The number of nitrogens with one attached hydrogen (secondary N) is 4. The van der Waals surface area contributed by atoms with Crippen molar-refractivity contribution >= 4 is 69.2 Å². The third-order valence-electron chi connectivity index (χ3n) is 9.63. The van der Waals surface area contributed by atoms with Gasteiger partial charge in [0.1, 0.15) is 17.6 Å². The number of carbonyl (C=O) groups is 6. The summed E-state index contributed by atoms with van der Waals surface area (Å²) in [7, 11) is 0. The lowest BCUT2D eigenvalue weighted by Gasteiger charge is -2.27. The minimum absolute atomic E-state index is 0.0118. The average Bonchev–Trinajstić information content (AvgIpc) is 3.83. The fraction of sp³-hybridized carbons (Fsp3) is 0.325. The van der Waals surface area contributed by atoms with Crippen LogP contribution in [0.3, 0.4) is 0 Å². The molecule has 7 rings (SSSR count). The van der Waals surface area contributed by atoms with Crippen LogP contribution in [0.2, 0.25) is 5.02 Å². The number of anilines is 2. The molecule has 13 nitrogen and oxygen atoms in total. The van der Waals surface area contributed by atoms with Gasteiger partial charge in [0.05, 0.1) is 40.4 Å². The van der Waals surface area contributed by atoms with E-state index in [1.54, 1.807) is 31.2 Å². The van der Waals surface area contributed by atoms with Crippen LogP contribution in [0.15, 0.2) is 54.6 Å². The summed E-state index contributed by atoms with van der Waals surface area (Å²) in [4.78, 5) is 81.9. The molecule has 1 aromatic heterocycles. The highest BCUT2D eigenvalue weighted by atomic mass is 35.5. The van der Waals surface area contributed by atoms with E-state index in [0.29, 0.717) is 41.0 Å². The molecule has 3 heterocycles. The predicted octanol–water partition coefficient (Wildman–Crippen LogP) is 6.05. The molecule has 4 aromatic rings. The Hall–Kier alpha value is -5.67. The molecule has 0 radical (unpaired) electrons. The molecule has 3 aliphatic rings. The number of amides is 6. The van der Waals surface area contributed by atoms with Crippen molar-refractivity contribution in [3.05, 3.63) is 92.6 Å². The second kappa shape index (κ2) is 16.6. The molecular weight excluding hydrogens is 763 g/mol. The van der Waals surface area contributed by atoms with Crippen LogP contribution in [-0.2, 0) is 20.8 Å². The Morgan fingerprint density at radius 3 is 2.59 bits per heavy atom. The van der Waals surface area contributed by atoms with Gasteiger partial charge in [0.25, 0.3) is 17.7 Å². The maximum absolute atomic E-state index is 15.0. The highest BCUT2D eigenvalue weighted by molar-refractivity contribution is 7.16. The molecule has 2 aliphatic heterocycles. The lowest BCUT2D eigenvalue weighted by molar-refractivity contribution is -0.136. The summed E-state index contributed by atoms with van der Waals surface area (Å²) in [6.07, 6.45) is 4.28. The van der Waals surface area contributed by atoms with Gasteiger partial charge < -0.3 is 20.7 Å². The van der Waals surface area contributed by atoms with Gasteiger partial charge in [-0.05, 0) is 87.4 Å². The summed E-state index contributed by atoms with van der Waals surface area (Å²) in [6, 6.07) is 14.0. The number of hydrogen-bond donors (Lipinski definition) is 4. The normalized spacial score (nSPS) is 16.4. The second-order valence-corrected chi connectivity index (χ2v) is 15.5. The van der Waals surface area contributed by atoms with E-state index in [4.69, 9.17) is 16.3 Å². The maximum atomic E-state index is 15.0. The van der Waals surface area contributed by atoms with E-state index >= 15 is 0 Å².